The lowest BCUT2D eigenvalue weighted by atomic mass is 10.1. The number of methoxy groups -OCH3 is 2. The molecule has 0 spiro atoms. The van der Waals surface area contributed by atoms with Crippen LogP contribution < -0.4 is 18.9 Å². The largest absolute Gasteiger partial charge is 0.497 e. The molecule has 0 heterocycles. The number of aryl methyl sites for hydroxylation is 2. The van der Waals surface area contributed by atoms with Gasteiger partial charge in [-0.2, -0.15) is 0 Å². The molecule has 0 amide bonds. The zero-order valence-corrected chi connectivity index (χ0v) is 18.5. The Morgan fingerprint density at radius 2 is 1.52 bits per heavy atom. The SMILES string of the molecule is COc1cccc(OC(=Nc2ccc(C)c(C)c2)/C(C)=C/Oc2ccccc2OC)c1. The summed E-state index contributed by atoms with van der Waals surface area (Å²) in [6, 6.07) is 20.9. The molecule has 0 unspecified atom stereocenters. The highest BCUT2D eigenvalue weighted by molar-refractivity contribution is 5.96. The third-order valence-corrected chi connectivity index (χ3v) is 4.75. The van der Waals surface area contributed by atoms with E-state index in [0.717, 1.165) is 11.3 Å². The molecule has 160 valence electrons. The highest BCUT2D eigenvalue weighted by atomic mass is 16.5. The fraction of sp³-hybridized carbons (Fsp3) is 0.192. The first-order valence-corrected chi connectivity index (χ1v) is 9.95. The van der Waals surface area contributed by atoms with Gasteiger partial charge in [0.15, 0.2) is 11.5 Å². The summed E-state index contributed by atoms with van der Waals surface area (Å²) >= 11 is 0. The first-order chi connectivity index (χ1) is 15.0. The van der Waals surface area contributed by atoms with Gasteiger partial charge in [0.1, 0.15) is 11.5 Å². The lowest BCUT2D eigenvalue weighted by Crippen LogP contribution is -2.11. The second-order valence-electron chi connectivity index (χ2n) is 7.04. The van der Waals surface area contributed by atoms with Gasteiger partial charge in [0.05, 0.1) is 26.2 Å². The van der Waals surface area contributed by atoms with E-state index in [1.807, 2.05) is 73.7 Å². The molecule has 0 aliphatic heterocycles. The van der Waals surface area contributed by atoms with E-state index in [-0.39, 0.29) is 0 Å². The predicted octanol–water partition coefficient (Wildman–Crippen LogP) is 6.41. The molecule has 5 nitrogen and oxygen atoms in total. The Balaban J connectivity index is 1.95. The summed E-state index contributed by atoms with van der Waals surface area (Å²) in [6.45, 7) is 6.02. The van der Waals surface area contributed by atoms with Crippen LogP contribution in [0.1, 0.15) is 18.1 Å². The molecule has 0 bridgehead atoms. The second-order valence-corrected chi connectivity index (χ2v) is 7.04. The molecule has 0 aromatic heterocycles. The molecule has 3 aromatic rings. The van der Waals surface area contributed by atoms with Crippen molar-refractivity contribution in [2.75, 3.05) is 14.2 Å². The fourth-order valence-electron chi connectivity index (χ4n) is 2.80. The molecule has 0 radical (unpaired) electrons. The van der Waals surface area contributed by atoms with E-state index < -0.39 is 0 Å². The van der Waals surface area contributed by atoms with Crippen LogP contribution in [0.15, 0.2) is 83.6 Å². The van der Waals surface area contributed by atoms with Gasteiger partial charge in [-0.15, -0.1) is 0 Å². The number of para-hydroxylation sites is 2. The highest BCUT2D eigenvalue weighted by Crippen LogP contribution is 2.27. The number of hydrogen-bond donors (Lipinski definition) is 0. The van der Waals surface area contributed by atoms with Gasteiger partial charge in [0, 0.05) is 11.6 Å². The normalized spacial score (nSPS) is 11.8. The Morgan fingerprint density at radius 1 is 0.774 bits per heavy atom. The molecule has 0 fully saturated rings. The average Bonchev–Trinajstić information content (AvgIpc) is 2.79. The number of aliphatic imine (C=N–C) groups is 1. The smallest absolute Gasteiger partial charge is 0.225 e. The van der Waals surface area contributed by atoms with Gasteiger partial charge in [-0.1, -0.05) is 24.3 Å². The first kappa shape index (κ1) is 22.0. The predicted molar refractivity (Wildman–Crippen MR) is 124 cm³/mol. The maximum atomic E-state index is 6.13. The van der Waals surface area contributed by atoms with Crippen molar-refractivity contribution in [3.63, 3.8) is 0 Å². The van der Waals surface area contributed by atoms with E-state index in [0.29, 0.717) is 34.5 Å². The van der Waals surface area contributed by atoms with Gasteiger partial charge in [-0.05, 0) is 68.3 Å². The monoisotopic (exact) mass is 417 g/mol. The summed E-state index contributed by atoms with van der Waals surface area (Å²) < 4.78 is 22.6. The zero-order chi connectivity index (χ0) is 22.2. The van der Waals surface area contributed by atoms with E-state index in [1.54, 1.807) is 20.5 Å². The Morgan fingerprint density at radius 3 is 2.23 bits per heavy atom. The minimum Gasteiger partial charge on any atom is -0.497 e. The van der Waals surface area contributed by atoms with E-state index in [1.165, 1.54) is 5.56 Å². The van der Waals surface area contributed by atoms with Crippen LogP contribution in [-0.4, -0.2) is 20.1 Å². The van der Waals surface area contributed by atoms with Crippen molar-refractivity contribution >= 4 is 11.6 Å². The lowest BCUT2D eigenvalue weighted by Gasteiger charge is -2.12. The molecule has 0 aliphatic rings. The van der Waals surface area contributed by atoms with Crippen LogP contribution in [0.3, 0.4) is 0 Å². The minimum absolute atomic E-state index is 0.423. The zero-order valence-electron chi connectivity index (χ0n) is 18.5. The molecular formula is C26H27NO4. The second kappa shape index (κ2) is 10.3. The Kier molecular flexibility index (Phi) is 7.33. The molecule has 3 rings (SSSR count). The van der Waals surface area contributed by atoms with E-state index in [2.05, 4.69) is 13.8 Å². The molecule has 3 aromatic carbocycles. The number of hydrogen-bond acceptors (Lipinski definition) is 5. The van der Waals surface area contributed by atoms with Crippen molar-refractivity contribution in [1.82, 2.24) is 0 Å². The maximum Gasteiger partial charge on any atom is 0.225 e. The van der Waals surface area contributed by atoms with E-state index in [4.69, 9.17) is 23.9 Å². The van der Waals surface area contributed by atoms with E-state index in [9.17, 15) is 0 Å². The Bertz CT molecular complexity index is 1100. The van der Waals surface area contributed by atoms with Gasteiger partial charge >= 0.3 is 0 Å². The van der Waals surface area contributed by atoms with Crippen molar-refractivity contribution in [2.45, 2.75) is 20.8 Å². The number of rotatable bonds is 7. The van der Waals surface area contributed by atoms with Gasteiger partial charge < -0.3 is 18.9 Å². The number of benzene rings is 3. The van der Waals surface area contributed by atoms with E-state index >= 15 is 0 Å². The summed E-state index contributed by atoms with van der Waals surface area (Å²) in [7, 11) is 3.23. The topological polar surface area (TPSA) is 49.3 Å². The van der Waals surface area contributed by atoms with Crippen molar-refractivity contribution in [1.29, 1.82) is 0 Å². The van der Waals surface area contributed by atoms with Crippen molar-refractivity contribution < 1.29 is 18.9 Å². The van der Waals surface area contributed by atoms with Crippen LogP contribution in [0, 0.1) is 13.8 Å². The molecule has 5 heteroatoms. The van der Waals surface area contributed by atoms with Gasteiger partial charge in [-0.3, -0.25) is 0 Å². The fourth-order valence-corrected chi connectivity index (χ4v) is 2.80. The Hall–Kier alpha value is -3.73. The summed E-state index contributed by atoms with van der Waals surface area (Å²) in [4.78, 5) is 4.74. The Labute approximate surface area is 183 Å². The van der Waals surface area contributed by atoms with Gasteiger partial charge in [0.25, 0.3) is 0 Å². The molecular weight excluding hydrogens is 390 g/mol. The first-order valence-electron chi connectivity index (χ1n) is 9.95. The van der Waals surface area contributed by atoms with Crippen LogP contribution in [0.2, 0.25) is 0 Å². The van der Waals surface area contributed by atoms with Crippen LogP contribution in [0.4, 0.5) is 5.69 Å². The molecule has 0 N–H and O–H groups in total. The van der Waals surface area contributed by atoms with Crippen LogP contribution in [0.5, 0.6) is 23.0 Å². The quantitative estimate of drug-likeness (QED) is 0.253. The minimum atomic E-state index is 0.423. The van der Waals surface area contributed by atoms with Crippen molar-refractivity contribution in [3.8, 4) is 23.0 Å². The standard InChI is InChI=1S/C26H27NO4/c1-18-13-14-21(15-19(18)2)27-26(31-23-10-8-9-22(16-23)28-4)20(3)17-30-25-12-7-6-11-24(25)29-5/h6-17H,1-5H3/b20-17+,27-26?. The van der Waals surface area contributed by atoms with Crippen LogP contribution in [0.25, 0.3) is 0 Å². The summed E-state index contributed by atoms with van der Waals surface area (Å²) in [5.74, 6) is 3.00. The molecule has 0 saturated carbocycles. The number of nitrogens with zero attached hydrogens (tertiary/aromatic N) is 1. The molecule has 0 atom stereocenters. The summed E-state index contributed by atoms with van der Waals surface area (Å²) in [5.41, 5.74) is 3.88. The van der Waals surface area contributed by atoms with Crippen LogP contribution in [-0.2, 0) is 0 Å². The third-order valence-electron chi connectivity index (χ3n) is 4.75. The summed E-state index contributed by atoms with van der Waals surface area (Å²) in [6.07, 6.45) is 1.61. The summed E-state index contributed by atoms with van der Waals surface area (Å²) in [5, 5.41) is 0. The lowest BCUT2D eigenvalue weighted by molar-refractivity contribution is 0.377. The van der Waals surface area contributed by atoms with Crippen molar-refractivity contribution in [2.24, 2.45) is 4.99 Å². The molecule has 0 aliphatic carbocycles. The number of ether oxygens (including phenoxy) is 4. The van der Waals surface area contributed by atoms with Gasteiger partial charge in [-0.25, -0.2) is 4.99 Å². The highest BCUT2D eigenvalue weighted by Gasteiger charge is 2.10. The van der Waals surface area contributed by atoms with Crippen molar-refractivity contribution in [3.05, 3.63) is 89.7 Å². The molecule has 31 heavy (non-hydrogen) atoms. The van der Waals surface area contributed by atoms with Crippen LogP contribution >= 0.6 is 0 Å². The average molecular weight is 418 g/mol. The maximum absolute atomic E-state index is 6.13. The third kappa shape index (κ3) is 5.89. The molecule has 0 saturated heterocycles. The van der Waals surface area contributed by atoms with Gasteiger partial charge in [0.2, 0.25) is 5.90 Å².